The van der Waals surface area contributed by atoms with E-state index in [1.165, 1.54) is 20.9 Å². The zero-order valence-corrected chi connectivity index (χ0v) is 20.0. The van der Waals surface area contributed by atoms with Crippen molar-refractivity contribution in [3.8, 4) is 0 Å². The summed E-state index contributed by atoms with van der Waals surface area (Å²) in [7, 11) is 0. The Bertz CT molecular complexity index is 809. The van der Waals surface area contributed by atoms with Gasteiger partial charge in [0.25, 0.3) is 0 Å². The van der Waals surface area contributed by atoms with Crippen LogP contribution in [-0.2, 0) is 16.0 Å². The Morgan fingerprint density at radius 1 is 0.781 bits per heavy atom. The van der Waals surface area contributed by atoms with Crippen LogP contribution in [0, 0.1) is 0 Å². The summed E-state index contributed by atoms with van der Waals surface area (Å²) in [4.78, 5) is 39.6. The molecule has 4 amide bonds. The minimum absolute atomic E-state index is 0.220. The van der Waals surface area contributed by atoms with Crippen LogP contribution in [0.15, 0.2) is 66.3 Å². The third-order valence-electron chi connectivity index (χ3n) is 4.95. The molecule has 0 aromatic heterocycles. The van der Waals surface area contributed by atoms with Crippen LogP contribution >= 0.6 is 0 Å². The van der Waals surface area contributed by atoms with E-state index in [-0.39, 0.29) is 18.2 Å². The van der Waals surface area contributed by atoms with Gasteiger partial charge in [-0.25, -0.2) is 4.79 Å². The van der Waals surface area contributed by atoms with Gasteiger partial charge in [0, 0.05) is 13.1 Å². The number of hydrogen-bond donors (Lipinski definition) is 0. The lowest BCUT2D eigenvalue weighted by Crippen LogP contribution is -2.55. The van der Waals surface area contributed by atoms with Crippen LogP contribution in [0.1, 0.15) is 65.4 Å². The van der Waals surface area contributed by atoms with Gasteiger partial charge in [-0.3, -0.25) is 19.4 Å². The van der Waals surface area contributed by atoms with Crippen molar-refractivity contribution in [2.45, 2.75) is 66.2 Å². The summed E-state index contributed by atoms with van der Waals surface area (Å²) in [5.41, 5.74) is 2.35. The zero-order valence-electron chi connectivity index (χ0n) is 20.0. The van der Waals surface area contributed by atoms with Crippen molar-refractivity contribution in [3.05, 3.63) is 71.8 Å². The van der Waals surface area contributed by atoms with Crippen LogP contribution in [0.3, 0.4) is 0 Å². The molecule has 1 saturated heterocycles. The third-order valence-corrected chi connectivity index (χ3v) is 4.95. The van der Waals surface area contributed by atoms with E-state index in [4.69, 9.17) is 0 Å². The first-order valence-electron chi connectivity index (χ1n) is 11.9. The van der Waals surface area contributed by atoms with Gasteiger partial charge in [0.1, 0.15) is 6.42 Å². The van der Waals surface area contributed by atoms with Crippen LogP contribution in [0.2, 0.25) is 0 Å². The maximum Gasteiger partial charge on any atom is 0.333 e. The van der Waals surface area contributed by atoms with E-state index in [2.05, 4.69) is 24.3 Å². The number of rotatable bonds is 8. The number of aryl methyl sites for hydroxylation is 1. The maximum absolute atomic E-state index is 12.7. The fourth-order valence-corrected chi connectivity index (χ4v) is 3.44. The van der Waals surface area contributed by atoms with Crippen molar-refractivity contribution in [1.29, 1.82) is 0 Å². The molecular weight excluding hydrogens is 400 g/mol. The monoisotopic (exact) mass is 438 g/mol. The molecule has 1 aromatic rings. The molecule has 0 atom stereocenters. The van der Waals surface area contributed by atoms with Crippen LogP contribution in [0.25, 0.3) is 0 Å². The van der Waals surface area contributed by atoms with Crippen LogP contribution < -0.4 is 0 Å². The molecule has 5 heteroatoms. The molecule has 1 heterocycles. The van der Waals surface area contributed by atoms with E-state index in [0.717, 1.165) is 19.3 Å². The van der Waals surface area contributed by atoms with Gasteiger partial charge in [-0.1, -0.05) is 88.4 Å². The Balaban J connectivity index is 0.00000121. The van der Waals surface area contributed by atoms with Crippen molar-refractivity contribution in [2.24, 2.45) is 0 Å². The number of nitrogens with zero attached hydrogens (tertiary/aromatic N) is 2. The van der Waals surface area contributed by atoms with Gasteiger partial charge >= 0.3 is 6.03 Å². The largest absolute Gasteiger partial charge is 0.333 e. The van der Waals surface area contributed by atoms with E-state index >= 15 is 0 Å². The standard InChI is InChI=1S/C23H26N2O3.2C2H6/c26-21-18-22(27)25(17-9-15-20-12-6-3-7-13-20)23(28)24(21)16-8-14-19-10-4-1-2-5-11-19;2*1-2/h1,3-7,10-13H,2,8-9,14-18H2;2*1-2H3. The molecule has 1 fully saturated rings. The average Bonchev–Trinajstić information content (AvgIpc) is 3.10. The quantitative estimate of drug-likeness (QED) is 0.463. The van der Waals surface area contributed by atoms with Crippen LogP contribution in [0.5, 0.6) is 0 Å². The second-order valence-corrected chi connectivity index (χ2v) is 7.05. The SMILES string of the molecule is CC.CC.O=C1CC(=O)N(CCCc2ccccc2)C(=O)N1CCCC1=CC=CCC=C1. The first-order chi connectivity index (χ1) is 15.6. The molecule has 1 aromatic carbocycles. The summed E-state index contributed by atoms with van der Waals surface area (Å²) in [5, 5.41) is 0. The second kappa shape index (κ2) is 15.8. The second-order valence-electron chi connectivity index (χ2n) is 7.05. The minimum atomic E-state index is -0.473. The number of hydrogen-bond acceptors (Lipinski definition) is 3. The fourth-order valence-electron chi connectivity index (χ4n) is 3.44. The number of allylic oxidation sites excluding steroid dienone is 6. The highest BCUT2D eigenvalue weighted by Gasteiger charge is 2.37. The molecule has 0 bridgehead atoms. The number of benzene rings is 1. The van der Waals surface area contributed by atoms with Crippen molar-refractivity contribution in [1.82, 2.24) is 9.80 Å². The lowest BCUT2D eigenvalue weighted by molar-refractivity contribution is -0.142. The van der Waals surface area contributed by atoms with Gasteiger partial charge in [0.05, 0.1) is 0 Å². The summed E-state index contributed by atoms with van der Waals surface area (Å²) < 4.78 is 0. The molecule has 0 N–H and O–H groups in total. The number of barbiturate groups is 1. The highest BCUT2D eigenvalue weighted by molar-refractivity contribution is 6.14. The molecule has 1 aliphatic carbocycles. The number of carbonyl (C=O) groups is 3. The summed E-state index contributed by atoms with van der Waals surface area (Å²) in [6, 6.07) is 9.49. The van der Waals surface area contributed by atoms with Gasteiger partial charge in [-0.15, -0.1) is 0 Å². The molecule has 1 aliphatic heterocycles. The summed E-state index contributed by atoms with van der Waals surface area (Å²) in [5.74, 6) is -0.779. The maximum atomic E-state index is 12.7. The molecule has 2 aliphatic rings. The Hall–Kier alpha value is -2.95. The van der Waals surface area contributed by atoms with Crippen molar-refractivity contribution >= 4 is 17.8 Å². The molecule has 174 valence electrons. The van der Waals surface area contributed by atoms with Gasteiger partial charge in [-0.05, 0) is 43.2 Å². The zero-order chi connectivity index (χ0) is 23.8. The number of amides is 4. The molecule has 5 nitrogen and oxygen atoms in total. The number of urea groups is 1. The lowest BCUT2D eigenvalue weighted by atomic mass is 10.1. The number of carbonyl (C=O) groups excluding carboxylic acids is 3. The predicted octanol–water partition coefficient (Wildman–Crippen LogP) is 6.08. The average molecular weight is 439 g/mol. The van der Waals surface area contributed by atoms with Crippen LogP contribution in [-0.4, -0.2) is 40.7 Å². The van der Waals surface area contributed by atoms with Gasteiger partial charge in [0.2, 0.25) is 11.8 Å². The van der Waals surface area contributed by atoms with Crippen LogP contribution in [0.4, 0.5) is 4.79 Å². The van der Waals surface area contributed by atoms with E-state index in [1.54, 1.807) is 0 Å². The molecule has 0 unspecified atom stereocenters. The molecular formula is C27H38N2O3. The van der Waals surface area contributed by atoms with E-state index in [1.807, 2.05) is 64.1 Å². The predicted molar refractivity (Wildman–Crippen MR) is 131 cm³/mol. The fraction of sp³-hybridized carbons (Fsp3) is 0.444. The highest BCUT2D eigenvalue weighted by atomic mass is 16.2. The van der Waals surface area contributed by atoms with E-state index in [0.29, 0.717) is 25.9 Å². The van der Waals surface area contributed by atoms with Crippen molar-refractivity contribution < 1.29 is 14.4 Å². The van der Waals surface area contributed by atoms with Crippen molar-refractivity contribution in [2.75, 3.05) is 13.1 Å². The molecule has 0 radical (unpaired) electrons. The summed E-state index contributed by atoms with van der Waals surface area (Å²) >= 11 is 0. The minimum Gasteiger partial charge on any atom is -0.274 e. The Morgan fingerprint density at radius 3 is 2.00 bits per heavy atom. The normalized spacial score (nSPS) is 15.4. The molecule has 32 heavy (non-hydrogen) atoms. The Morgan fingerprint density at radius 2 is 1.38 bits per heavy atom. The lowest BCUT2D eigenvalue weighted by Gasteiger charge is -2.32. The third kappa shape index (κ3) is 8.66. The molecule has 0 spiro atoms. The smallest absolute Gasteiger partial charge is 0.274 e. The first kappa shape index (κ1) is 27.1. The molecule has 3 rings (SSSR count). The Labute approximate surface area is 193 Å². The van der Waals surface area contributed by atoms with Crippen molar-refractivity contribution in [3.63, 3.8) is 0 Å². The van der Waals surface area contributed by atoms with Gasteiger partial charge in [0.15, 0.2) is 0 Å². The summed E-state index contributed by atoms with van der Waals surface area (Å²) in [6.07, 6.45) is 14.0. The van der Waals surface area contributed by atoms with E-state index < -0.39 is 6.03 Å². The molecule has 0 saturated carbocycles. The topological polar surface area (TPSA) is 57.7 Å². The first-order valence-corrected chi connectivity index (χ1v) is 11.9. The van der Waals surface area contributed by atoms with Gasteiger partial charge < -0.3 is 0 Å². The summed E-state index contributed by atoms with van der Waals surface area (Å²) in [6.45, 7) is 8.68. The van der Waals surface area contributed by atoms with E-state index in [9.17, 15) is 14.4 Å². The Kier molecular flexibility index (Phi) is 13.4. The number of imide groups is 2. The highest BCUT2D eigenvalue weighted by Crippen LogP contribution is 2.17. The van der Waals surface area contributed by atoms with Gasteiger partial charge in [-0.2, -0.15) is 0 Å².